The molecule has 0 saturated carbocycles. The molecule has 6 nitrogen and oxygen atoms in total. The number of aromatic carboxylic acids is 1. The van der Waals surface area contributed by atoms with Gasteiger partial charge in [0, 0.05) is 16.8 Å². The number of allylic oxidation sites excluding steroid dienone is 2. The van der Waals surface area contributed by atoms with Crippen LogP contribution in [0.4, 0.5) is 0 Å². The summed E-state index contributed by atoms with van der Waals surface area (Å²) >= 11 is 3.34. The van der Waals surface area contributed by atoms with E-state index in [-0.39, 0.29) is 28.8 Å². The number of rotatable bonds is 2. The number of ether oxygens (including phenoxy) is 2. The van der Waals surface area contributed by atoms with Crippen molar-refractivity contribution in [2.75, 3.05) is 0 Å². The van der Waals surface area contributed by atoms with Gasteiger partial charge >= 0.3 is 11.9 Å². The van der Waals surface area contributed by atoms with Gasteiger partial charge < -0.3 is 19.7 Å². The quantitative estimate of drug-likeness (QED) is 0.665. The highest BCUT2D eigenvalue weighted by atomic mass is 79.9. The molecule has 2 heterocycles. The molecule has 1 aliphatic carbocycles. The summed E-state index contributed by atoms with van der Waals surface area (Å²) in [5.41, 5.74) is 1.06. The number of fused-ring (bicyclic) bond motifs is 2. The summed E-state index contributed by atoms with van der Waals surface area (Å²) < 4.78 is 12.2. The van der Waals surface area contributed by atoms with Crippen molar-refractivity contribution >= 4 is 27.9 Å². The highest BCUT2D eigenvalue weighted by Gasteiger charge is 2.44. The Bertz CT molecular complexity index is 912. The van der Waals surface area contributed by atoms with E-state index in [0.717, 1.165) is 22.9 Å². The van der Waals surface area contributed by atoms with E-state index in [1.54, 1.807) is 18.2 Å². The summed E-state index contributed by atoms with van der Waals surface area (Å²) in [5, 5.41) is 18.0. The molecule has 3 aliphatic rings. The largest absolute Gasteiger partial charge is 0.486 e. The van der Waals surface area contributed by atoms with E-state index >= 15 is 0 Å². The Morgan fingerprint density at radius 2 is 1.79 bits per heavy atom. The van der Waals surface area contributed by atoms with Gasteiger partial charge in [-0.15, -0.1) is 0 Å². The molecule has 2 atom stereocenters. The van der Waals surface area contributed by atoms with E-state index in [1.165, 1.54) is 0 Å². The highest BCUT2D eigenvalue weighted by Crippen LogP contribution is 2.42. The second-order valence-corrected chi connectivity index (χ2v) is 9.68. The standard InChI is InChI=1S/C11H13BrO3.C11H12O3/c1-11(2)5-6-3-7(12)4-8(10(13)14)9(6)15-11;1-11(2)6-7-4-3-5-8(10(12)13)9(7)14-11/h3-4,6,9H,5H2,1-2H3,(H,13,14);3-5H,6H2,1-2H3,(H,12,13). The van der Waals surface area contributed by atoms with Crippen LogP contribution in [0.25, 0.3) is 0 Å². The summed E-state index contributed by atoms with van der Waals surface area (Å²) in [6.07, 6.45) is 5.00. The van der Waals surface area contributed by atoms with Gasteiger partial charge in [0.05, 0.1) is 17.3 Å². The lowest BCUT2D eigenvalue weighted by Crippen LogP contribution is -2.27. The van der Waals surface area contributed by atoms with Crippen LogP contribution in [-0.2, 0) is 16.0 Å². The van der Waals surface area contributed by atoms with Gasteiger partial charge in [-0.05, 0) is 51.8 Å². The zero-order valence-corrected chi connectivity index (χ0v) is 18.4. The third kappa shape index (κ3) is 4.73. The predicted molar refractivity (Wildman–Crippen MR) is 112 cm³/mol. The fraction of sp³-hybridized carbons (Fsp3) is 0.455. The van der Waals surface area contributed by atoms with Gasteiger partial charge in [0.15, 0.2) is 0 Å². The number of hydrogen-bond acceptors (Lipinski definition) is 4. The van der Waals surface area contributed by atoms with Gasteiger partial charge in [-0.3, -0.25) is 0 Å². The zero-order chi connectivity index (χ0) is 21.6. The summed E-state index contributed by atoms with van der Waals surface area (Å²) in [6, 6.07) is 5.24. The predicted octanol–water partition coefficient (Wildman–Crippen LogP) is 4.57. The molecule has 0 aromatic heterocycles. The molecule has 7 heteroatoms. The second kappa shape index (κ2) is 7.61. The Morgan fingerprint density at radius 3 is 2.41 bits per heavy atom. The maximum absolute atomic E-state index is 11.1. The molecule has 2 aliphatic heterocycles. The Labute approximate surface area is 178 Å². The number of halogens is 1. The van der Waals surface area contributed by atoms with Crippen LogP contribution < -0.4 is 4.74 Å². The maximum Gasteiger partial charge on any atom is 0.339 e. The smallest absolute Gasteiger partial charge is 0.339 e. The van der Waals surface area contributed by atoms with Gasteiger partial charge in [-0.2, -0.15) is 0 Å². The van der Waals surface area contributed by atoms with Gasteiger partial charge in [-0.25, -0.2) is 9.59 Å². The number of benzene rings is 1. The molecule has 2 unspecified atom stereocenters. The van der Waals surface area contributed by atoms with Gasteiger partial charge in [-0.1, -0.05) is 34.1 Å². The summed E-state index contributed by atoms with van der Waals surface area (Å²) in [7, 11) is 0. The molecular weight excluding hydrogens is 440 g/mol. The minimum Gasteiger partial charge on any atom is -0.486 e. The third-order valence-electron chi connectivity index (χ3n) is 5.10. The SMILES string of the molecule is CC1(C)CC2C=C(Br)C=C(C(=O)O)C2O1.CC1(C)Cc2cccc(C(=O)O)c2O1. The minimum atomic E-state index is -0.931. The van der Waals surface area contributed by atoms with E-state index in [1.807, 2.05) is 39.8 Å². The molecule has 2 N–H and O–H groups in total. The Hall–Kier alpha value is -2.12. The molecule has 156 valence electrons. The average Bonchev–Trinajstić information content (AvgIpc) is 3.06. The van der Waals surface area contributed by atoms with Crippen LogP contribution >= 0.6 is 15.9 Å². The van der Waals surface area contributed by atoms with Crippen molar-refractivity contribution in [2.45, 2.75) is 57.8 Å². The molecule has 29 heavy (non-hydrogen) atoms. The number of carbonyl (C=O) groups is 2. The van der Waals surface area contributed by atoms with Gasteiger partial charge in [0.25, 0.3) is 0 Å². The van der Waals surface area contributed by atoms with Crippen LogP contribution in [0.5, 0.6) is 5.75 Å². The fourth-order valence-electron chi connectivity index (χ4n) is 4.05. The van der Waals surface area contributed by atoms with E-state index in [4.69, 9.17) is 19.7 Å². The minimum absolute atomic E-state index is 0.172. The lowest BCUT2D eigenvalue weighted by atomic mass is 9.87. The first kappa shape index (κ1) is 21.6. The van der Waals surface area contributed by atoms with Crippen molar-refractivity contribution in [3.05, 3.63) is 51.5 Å². The fourth-order valence-corrected chi connectivity index (χ4v) is 4.63. The molecule has 1 aromatic rings. The van der Waals surface area contributed by atoms with Crippen molar-refractivity contribution in [3.63, 3.8) is 0 Å². The van der Waals surface area contributed by atoms with Gasteiger partial charge in [0.2, 0.25) is 0 Å². The molecule has 4 rings (SSSR count). The summed E-state index contributed by atoms with van der Waals surface area (Å²) in [5.74, 6) is -1.12. The number of carboxylic acid groups (broad SMARTS) is 2. The van der Waals surface area contributed by atoms with Crippen LogP contribution in [0.15, 0.2) is 40.4 Å². The van der Waals surface area contributed by atoms with E-state index in [0.29, 0.717) is 11.3 Å². The number of carboxylic acids is 2. The van der Waals surface area contributed by atoms with Crippen molar-refractivity contribution in [1.29, 1.82) is 0 Å². The monoisotopic (exact) mass is 464 g/mol. The maximum atomic E-state index is 11.1. The number of hydrogen-bond donors (Lipinski definition) is 2. The van der Waals surface area contributed by atoms with Crippen molar-refractivity contribution < 1.29 is 29.3 Å². The Kier molecular flexibility index (Phi) is 5.66. The van der Waals surface area contributed by atoms with Crippen LogP contribution in [0.3, 0.4) is 0 Å². The Morgan fingerprint density at radius 1 is 1.10 bits per heavy atom. The Balaban J connectivity index is 0.000000166. The third-order valence-corrected chi connectivity index (χ3v) is 5.60. The number of para-hydroxylation sites is 1. The van der Waals surface area contributed by atoms with Gasteiger partial charge in [0.1, 0.15) is 16.9 Å². The molecule has 1 fully saturated rings. The van der Waals surface area contributed by atoms with E-state index in [2.05, 4.69) is 15.9 Å². The first-order valence-electron chi connectivity index (χ1n) is 9.43. The molecule has 1 saturated heterocycles. The molecule has 1 aromatic carbocycles. The second-order valence-electron chi connectivity index (χ2n) is 8.76. The highest BCUT2D eigenvalue weighted by molar-refractivity contribution is 9.11. The van der Waals surface area contributed by atoms with Crippen molar-refractivity contribution in [3.8, 4) is 5.75 Å². The topological polar surface area (TPSA) is 93.1 Å². The lowest BCUT2D eigenvalue weighted by molar-refractivity contribution is -0.134. The molecular formula is C22H25BrO6. The summed E-state index contributed by atoms with van der Waals surface area (Å²) in [6.45, 7) is 7.90. The first-order chi connectivity index (χ1) is 13.4. The molecule has 0 spiro atoms. The van der Waals surface area contributed by atoms with Crippen LogP contribution in [-0.4, -0.2) is 39.5 Å². The molecule has 0 amide bonds. The normalized spacial score (nSPS) is 25.4. The number of aliphatic carboxylic acids is 1. The lowest BCUT2D eigenvalue weighted by Gasteiger charge is -2.22. The van der Waals surface area contributed by atoms with E-state index < -0.39 is 11.9 Å². The zero-order valence-electron chi connectivity index (χ0n) is 16.9. The first-order valence-corrected chi connectivity index (χ1v) is 10.2. The van der Waals surface area contributed by atoms with Crippen LogP contribution in [0.2, 0.25) is 0 Å². The molecule has 0 radical (unpaired) electrons. The molecule has 0 bridgehead atoms. The van der Waals surface area contributed by atoms with Crippen molar-refractivity contribution in [1.82, 2.24) is 0 Å². The van der Waals surface area contributed by atoms with Crippen LogP contribution in [0.1, 0.15) is 50.0 Å². The van der Waals surface area contributed by atoms with Crippen molar-refractivity contribution in [2.24, 2.45) is 5.92 Å². The van der Waals surface area contributed by atoms with E-state index in [9.17, 15) is 9.59 Å². The van der Waals surface area contributed by atoms with Crippen LogP contribution in [0, 0.1) is 5.92 Å². The average molecular weight is 465 g/mol. The summed E-state index contributed by atoms with van der Waals surface area (Å²) in [4.78, 5) is 21.9.